The van der Waals surface area contributed by atoms with Gasteiger partial charge in [0.1, 0.15) is 18.7 Å². The number of aromatic nitrogens is 2. The SMILES string of the molecule is Cc1cccc(CC[C@H](NC(=O)CCCCNC(=O)OCc2ccccc2)C(O)c2nc(C(=O)N(C)c3ccccn3)co2)c1. The molecule has 1 unspecified atom stereocenters. The highest BCUT2D eigenvalue weighted by molar-refractivity contribution is 6.03. The Morgan fingerprint density at radius 3 is 2.53 bits per heavy atom. The number of aliphatic hydroxyl groups is 1. The van der Waals surface area contributed by atoms with Crippen LogP contribution >= 0.6 is 0 Å². The number of rotatable bonds is 15. The van der Waals surface area contributed by atoms with Crippen molar-refractivity contribution in [2.24, 2.45) is 0 Å². The molecule has 236 valence electrons. The molecule has 0 aliphatic heterocycles. The number of carbonyl (C=O) groups is 3. The van der Waals surface area contributed by atoms with Gasteiger partial charge in [-0.1, -0.05) is 66.2 Å². The number of nitrogens with zero attached hydrogens (tertiary/aromatic N) is 3. The topological polar surface area (TPSA) is 147 Å². The van der Waals surface area contributed by atoms with Crippen molar-refractivity contribution < 1.29 is 28.6 Å². The summed E-state index contributed by atoms with van der Waals surface area (Å²) < 4.78 is 10.7. The molecule has 0 aliphatic rings. The van der Waals surface area contributed by atoms with Crippen molar-refractivity contribution in [2.75, 3.05) is 18.5 Å². The van der Waals surface area contributed by atoms with Gasteiger partial charge in [0.05, 0.1) is 6.04 Å². The molecule has 0 saturated heterocycles. The molecule has 4 rings (SSSR count). The number of anilines is 1. The first-order valence-corrected chi connectivity index (χ1v) is 14.9. The highest BCUT2D eigenvalue weighted by atomic mass is 16.5. The van der Waals surface area contributed by atoms with E-state index in [4.69, 9.17) is 9.15 Å². The second kappa shape index (κ2) is 16.7. The van der Waals surface area contributed by atoms with Gasteiger partial charge in [0.25, 0.3) is 5.91 Å². The van der Waals surface area contributed by atoms with E-state index in [0.29, 0.717) is 38.0 Å². The Morgan fingerprint density at radius 2 is 1.78 bits per heavy atom. The van der Waals surface area contributed by atoms with Crippen LogP contribution in [-0.4, -0.2) is 52.6 Å². The molecule has 2 aromatic heterocycles. The van der Waals surface area contributed by atoms with Gasteiger partial charge < -0.3 is 24.9 Å². The average Bonchev–Trinajstić information content (AvgIpc) is 3.56. The molecule has 2 aromatic carbocycles. The fourth-order valence-electron chi connectivity index (χ4n) is 4.67. The quantitative estimate of drug-likeness (QED) is 0.160. The molecule has 0 spiro atoms. The maximum Gasteiger partial charge on any atom is 0.407 e. The first-order chi connectivity index (χ1) is 21.8. The van der Waals surface area contributed by atoms with Crippen LogP contribution in [0, 0.1) is 6.92 Å². The van der Waals surface area contributed by atoms with Crippen molar-refractivity contribution >= 4 is 23.7 Å². The average molecular weight is 614 g/mol. The monoisotopic (exact) mass is 613 g/mol. The van der Waals surface area contributed by atoms with E-state index in [9.17, 15) is 19.5 Å². The number of hydrogen-bond acceptors (Lipinski definition) is 8. The predicted molar refractivity (Wildman–Crippen MR) is 168 cm³/mol. The lowest BCUT2D eigenvalue weighted by Gasteiger charge is -2.22. The van der Waals surface area contributed by atoms with Gasteiger partial charge in [0, 0.05) is 26.2 Å². The summed E-state index contributed by atoms with van der Waals surface area (Å²) >= 11 is 0. The summed E-state index contributed by atoms with van der Waals surface area (Å²) in [5, 5.41) is 16.9. The Kier molecular flexibility index (Phi) is 12.2. The summed E-state index contributed by atoms with van der Waals surface area (Å²) in [4.78, 5) is 47.6. The zero-order chi connectivity index (χ0) is 32.0. The van der Waals surface area contributed by atoms with Gasteiger partial charge in [-0.05, 0) is 55.9 Å². The molecule has 4 aromatic rings. The van der Waals surface area contributed by atoms with Gasteiger partial charge in [0.15, 0.2) is 11.8 Å². The van der Waals surface area contributed by atoms with Gasteiger partial charge in [0.2, 0.25) is 11.8 Å². The molecule has 0 aliphatic carbocycles. The van der Waals surface area contributed by atoms with Crippen LogP contribution in [0.2, 0.25) is 0 Å². The number of nitrogens with one attached hydrogen (secondary N) is 2. The van der Waals surface area contributed by atoms with E-state index in [1.165, 1.54) is 11.2 Å². The van der Waals surface area contributed by atoms with E-state index in [-0.39, 0.29) is 30.5 Å². The summed E-state index contributed by atoms with van der Waals surface area (Å²) in [5.41, 5.74) is 3.08. The van der Waals surface area contributed by atoms with E-state index in [0.717, 1.165) is 16.7 Å². The Bertz CT molecular complexity index is 1530. The van der Waals surface area contributed by atoms with Crippen LogP contribution in [0.25, 0.3) is 0 Å². The lowest BCUT2D eigenvalue weighted by atomic mass is 9.99. The third-order valence-corrected chi connectivity index (χ3v) is 7.16. The van der Waals surface area contributed by atoms with Crippen molar-refractivity contribution in [3.05, 3.63) is 114 Å². The lowest BCUT2D eigenvalue weighted by Crippen LogP contribution is -2.40. The number of carbonyl (C=O) groups excluding carboxylic acids is 3. The molecular weight excluding hydrogens is 574 g/mol. The molecule has 3 N–H and O–H groups in total. The first kappa shape index (κ1) is 32.9. The van der Waals surface area contributed by atoms with Crippen molar-refractivity contribution in [1.29, 1.82) is 0 Å². The number of amides is 3. The van der Waals surface area contributed by atoms with Crippen LogP contribution in [0.15, 0.2) is 89.7 Å². The largest absolute Gasteiger partial charge is 0.445 e. The van der Waals surface area contributed by atoms with Crippen LogP contribution in [0.5, 0.6) is 0 Å². The second-order valence-electron chi connectivity index (χ2n) is 10.7. The van der Waals surface area contributed by atoms with Gasteiger partial charge in [-0.2, -0.15) is 0 Å². The fraction of sp³-hybridized carbons (Fsp3) is 0.324. The molecule has 2 heterocycles. The molecule has 0 bridgehead atoms. The number of ether oxygens (including phenoxy) is 1. The number of pyridine rings is 1. The van der Waals surface area contributed by atoms with Crippen LogP contribution in [0.1, 0.15) is 64.9 Å². The highest BCUT2D eigenvalue weighted by Gasteiger charge is 2.28. The first-order valence-electron chi connectivity index (χ1n) is 14.9. The third-order valence-electron chi connectivity index (χ3n) is 7.16. The Morgan fingerprint density at radius 1 is 1.00 bits per heavy atom. The third kappa shape index (κ3) is 10.3. The molecule has 2 atom stereocenters. The molecule has 3 amide bonds. The summed E-state index contributed by atoms with van der Waals surface area (Å²) in [7, 11) is 1.57. The van der Waals surface area contributed by atoms with Gasteiger partial charge in [-0.25, -0.2) is 14.8 Å². The zero-order valence-corrected chi connectivity index (χ0v) is 25.5. The minimum absolute atomic E-state index is 0.00996. The number of unbranched alkanes of at least 4 members (excludes halogenated alkanes) is 1. The standard InChI is InChI=1S/C34H39N5O6/c1-24-11-10-14-25(21-24)17-18-27(31(41)32-38-28(23-44-32)33(42)39(2)29-15-6-8-19-35-29)37-30(40)16-7-9-20-36-34(43)45-22-26-12-4-3-5-13-26/h3-6,8,10-15,19,21,23,27,31,41H,7,9,16-18,20,22H2,1-2H3,(H,36,43)(H,37,40)/t27-,31?/m0/s1. The normalized spacial score (nSPS) is 12.2. The van der Waals surface area contributed by atoms with Crippen molar-refractivity contribution in [3.8, 4) is 0 Å². The van der Waals surface area contributed by atoms with Crippen molar-refractivity contribution in [1.82, 2.24) is 20.6 Å². The zero-order valence-electron chi connectivity index (χ0n) is 25.5. The molecule has 11 heteroatoms. The molecule has 11 nitrogen and oxygen atoms in total. The summed E-state index contributed by atoms with van der Waals surface area (Å²) in [6, 6.07) is 21.9. The number of alkyl carbamates (subject to hydrolysis) is 1. The van der Waals surface area contributed by atoms with Gasteiger partial charge in [-0.15, -0.1) is 0 Å². The Balaban J connectivity index is 1.30. The molecule has 45 heavy (non-hydrogen) atoms. The second-order valence-corrected chi connectivity index (χ2v) is 10.7. The minimum Gasteiger partial charge on any atom is -0.445 e. The van der Waals surface area contributed by atoms with E-state index >= 15 is 0 Å². The number of benzene rings is 2. The number of hydrogen-bond donors (Lipinski definition) is 3. The van der Waals surface area contributed by atoms with Crippen LogP contribution < -0.4 is 15.5 Å². The van der Waals surface area contributed by atoms with Gasteiger partial charge >= 0.3 is 6.09 Å². The summed E-state index contributed by atoms with van der Waals surface area (Å²) in [6.07, 6.45) is 3.24. The van der Waals surface area contributed by atoms with E-state index in [1.54, 1.807) is 31.4 Å². The molecule has 0 fully saturated rings. The van der Waals surface area contributed by atoms with Crippen LogP contribution in [-0.2, 0) is 22.6 Å². The molecule has 0 saturated carbocycles. The number of aryl methyl sites for hydroxylation is 2. The van der Waals surface area contributed by atoms with Crippen LogP contribution in [0.3, 0.4) is 0 Å². The van der Waals surface area contributed by atoms with Crippen molar-refractivity contribution in [3.63, 3.8) is 0 Å². The Labute approximate surface area is 262 Å². The number of oxazole rings is 1. The van der Waals surface area contributed by atoms with Crippen LogP contribution in [0.4, 0.5) is 10.6 Å². The maximum atomic E-state index is 13.0. The minimum atomic E-state index is -1.29. The van der Waals surface area contributed by atoms with E-state index in [2.05, 4.69) is 26.7 Å². The summed E-state index contributed by atoms with van der Waals surface area (Å²) in [6.45, 7) is 2.55. The lowest BCUT2D eigenvalue weighted by molar-refractivity contribution is -0.123. The highest BCUT2D eigenvalue weighted by Crippen LogP contribution is 2.22. The summed E-state index contributed by atoms with van der Waals surface area (Å²) in [5.74, 6) is -0.336. The predicted octanol–water partition coefficient (Wildman–Crippen LogP) is 4.90. The Hall–Kier alpha value is -5.03. The van der Waals surface area contributed by atoms with E-state index in [1.807, 2.05) is 55.5 Å². The molecular formula is C34H39N5O6. The number of aliphatic hydroxyl groups excluding tert-OH is 1. The van der Waals surface area contributed by atoms with Gasteiger partial charge in [-0.3, -0.25) is 14.5 Å². The van der Waals surface area contributed by atoms with Crippen molar-refractivity contribution in [2.45, 2.75) is 57.8 Å². The fourth-order valence-corrected chi connectivity index (χ4v) is 4.67. The smallest absolute Gasteiger partial charge is 0.407 e. The maximum absolute atomic E-state index is 13.0. The molecule has 0 radical (unpaired) electrons. The van der Waals surface area contributed by atoms with E-state index < -0.39 is 24.1 Å².